The van der Waals surface area contributed by atoms with Crippen LogP contribution in [0.5, 0.6) is 0 Å². The van der Waals surface area contributed by atoms with E-state index in [2.05, 4.69) is 69.4 Å². The summed E-state index contributed by atoms with van der Waals surface area (Å²) in [5, 5.41) is 0. The van der Waals surface area contributed by atoms with Gasteiger partial charge < -0.3 is 14.2 Å². The van der Waals surface area contributed by atoms with E-state index in [1.807, 2.05) is 0 Å². The van der Waals surface area contributed by atoms with Crippen LogP contribution >= 0.6 is 0 Å². The summed E-state index contributed by atoms with van der Waals surface area (Å²) in [5.41, 5.74) is 0. The van der Waals surface area contributed by atoms with Crippen LogP contribution in [0.15, 0.2) is 48.6 Å². The zero-order valence-electron chi connectivity index (χ0n) is 49.6. The molecule has 0 saturated carbocycles. The van der Waals surface area contributed by atoms with Crippen molar-refractivity contribution in [2.75, 3.05) is 13.2 Å². The number of hydrogen-bond acceptors (Lipinski definition) is 6. The number of allylic oxidation sites excluding steroid dienone is 8. The highest BCUT2D eigenvalue weighted by atomic mass is 16.6. The van der Waals surface area contributed by atoms with E-state index in [0.29, 0.717) is 19.3 Å². The maximum absolute atomic E-state index is 12.9. The van der Waals surface area contributed by atoms with Crippen LogP contribution in [0.3, 0.4) is 0 Å². The molecule has 0 rings (SSSR count). The second kappa shape index (κ2) is 62.9. The molecule has 1 atom stereocenters. The van der Waals surface area contributed by atoms with Gasteiger partial charge in [0.2, 0.25) is 0 Å². The molecular weight excluding hydrogens is 913 g/mol. The Morgan fingerprint density at radius 2 is 0.527 bits per heavy atom. The summed E-state index contributed by atoms with van der Waals surface area (Å²) in [7, 11) is 0. The van der Waals surface area contributed by atoms with E-state index < -0.39 is 6.10 Å². The number of ether oxygens (including phenoxy) is 3. The Kier molecular flexibility index (Phi) is 60.7. The van der Waals surface area contributed by atoms with E-state index in [0.717, 1.165) is 83.5 Å². The highest BCUT2D eigenvalue weighted by molar-refractivity contribution is 5.71. The number of unbranched alkanes of at least 4 members (excludes halogenated alkanes) is 41. The summed E-state index contributed by atoms with van der Waals surface area (Å²) in [5.74, 6) is -0.860. The van der Waals surface area contributed by atoms with Gasteiger partial charge in [-0.25, -0.2) is 0 Å². The molecule has 0 heterocycles. The first kappa shape index (κ1) is 71.4. The third-order valence-corrected chi connectivity index (χ3v) is 14.6. The second-order valence-corrected chi connectivity index (χ2v) is 22.0. The Hall–Kier alpha value is -2.63. The summed E-state index contributed by atoms with van der Waals surface area (Å²) >= 11 is 0. The molecule has 0 aliphatic rings. The third-order valence-electron chi connectivity index (χ3n) is 14.6. The van der Waals surface area contributed by atoms with Crippen molar-refractivity contribution in [3.63, 3.8) is 0 Å². The van der Waals surface area contributed by atoms with Gasteiger partial charge in [0.15, 0.2) is 6.10 Å². The molecule has 0 aromatic rings. The SMILES string of the molecule is CC/C=C\C/C=C\C/C=C\C/C=C\CCCCCCCCCCCCCCC(=O)OCC(COC(=O)CCCCCCCC)OC(=O)CCCCCCCCCCCCCCCCCCCCCCCCCCC. The first-order valence-corrected chi connectivity index (χ1v) is 32.6. The Labute approximate surface area is 460 Å². The van der Waals surface area contributed by atoms with Gasteiger partial charge in [0.05, 0.1) is 0 Å². The van der Waals surface area contributed by atoms with Crippen molar-refractivity contribution in [2.24, 2.45) is 0 Å². The van der Waals surface area contributed by atoms with Crippen molar-refractivity contribution in [2.45, 2.75) is 354 Å². The fourth-order valence-electron chi connectivity index (χ4n) is 9.73. The fraction of sp³-hybridized carbons (Fsp3) is 0.838. The largest absolute Gasteiger partial charge is 0.462 e. The molecule has 0 radical (unpaired) electrons. The van der Waals surface area contributed by atoms with E-state index in [9.17, 15) is 14.4 Å². The highest BCUT2D eigenvalue weighted by Crippen LogP contribution is 2.18. The van der Waals surface area contributed by atoms with Crippen molar-refractivity contribution in [1.82, 2.24) is 0 Å². The van der Waals surface area contributed by atoms with Crippen LogP contribution in [0.2, 0.25) is 0 Å². The molecule has 432 valence electrons. The first-order valence-electron chi connectivity index (χ1n) is 32.6. The van der Waals surface area contributed by atoms with Crippen molar-refractivity contribution in [3.05, 3.63) is 48.6 Å². The molecule has 74 heavy (non-hydrogen) atoms. The Bertz CT molecular complexity index is 1280. The third kappa shape index (κ3) is 60.2. The summed E-state index contributed by atoms with van der Waals surface area (Å²) in [4.78, 5) is 38.0. The number of rotatable bonds is 60. The van der Waals surface area contributed by atoms with Crippen LogP contribution in [-0.2, 0) is 28.6 Å². The topological polar surface area (TPSA) is 78.9 Å². The summed E-state index contributed by atoms with van der Waals surface area (Å²) < 4.78 is 16.8. The standard InChI is InChI=1S/C68H124O6/c1-4-7-10-13-16-18-20-22-24-26-28-30-32-34-36-38-40-42-44-46-48-50-52-55-58-61-67(70)73-64-65(63-72-66(69)60-57-54-15-12-9-6-3)74-68(71)62-59-56-53-51-49-47-45-43-41-39-37-35-33-31-29-27-25-23-21-19-17-14-11-8-5-2/h7,10,16,18,22,24,28,30,65H,4-6,8-9,11-15,17,19-21,23,25-27,29,31-64H2,1-3H3/b10-7-,18-16-,24-22-,30-28-. The Morgan fingerprint density at radius 1 is 0.284 bits per heavy atom. The monoisotopic (exact) mass is 1040 g/mol. The van der Waals surface area contributed by atoms with E-state index in [4.69, 9.17) is 14.2 Å². The normalized spacial score (nSPS) is 12.3. The molecule has 0 fully saturated rings. The van der Waals surface area contributed by atoms with Gasteiger partial charge in [-0.2, -0.15) is 0 Å². The molecule has 0 saturated heterocycles. The smallest absolute Gasteiger partial charge is 0.306 e. The molecule has 6 nitrogen and oxygen atoms in total. The maximum Gasteiger partial charge on any atom is 0.306 e. The van der Waals surface area contributed by atoms with Gasteiger partial charge in [-0.3, -0.25) is 14.4 Å². The Balaban J connectivity index is 4.03. The molecule has 0 aliphatic heterocycles. The molecule has 0 spiro atoms. The molecule has 1 unspecified atom stereocenters. The lowest BCUT2D eigenvalue weighted by molar-refractivity contribution is -0.167. The van der Waals surface area contributed by atoms with E-state index in [1.54, 1.807) is 0 Å². The van der Waals surface area contributed by atoms with Crippen LogP contribution in [0.1, 0.15) is 348 Å². The zero-order valence-corrected chi connectivity index (χ0v) is 49.6. The van der Waals surface area contributed by atoms with Gasteiger partial charge >= 0.3 is 17.9 Å². The van der Waals surface area contributed by atoms with E-state index in [-0.39, 0.29) is 31.1 Å². The molecule has 0 aromatic heterocycles. The first-order chi connectivity index (χ1) is 36.5. The molecule has 0 aliphatic carbocycles. The Morgan fingerprint density at radius 3 is 0.824 bits per heavy atom. The summed E-state index contributed by atoms with van der Waals surface area (Å²) in [6.45, 7) is 6.52. The van der Waals surface area contributed by atoms with Crippen LogP contribution < -0.4 is 0 Å². The fourth-order valence-corrected chi connectivity index (χ4v) is 9.73. The lowest BCUT2D eigenvalue weighted by atomic mass is 10.0. The molecule has 0 bridgehead atoms. The number of esters is 3. The maximum atomic E-state index is 12.9. The van der Waals surface area contributed by atoms with Crippen LogP contribution in [0.4, 0.5) is 0 Å². The average molecular weight is 1040 g/mol. The predicted molar refractivity (Wildman–Crippen MR) is 321 cm³/mol. The molecular formula is C68H124O6. The minimum Gasteiger partial charge on any atom is -0.462 e. The van der Waals surface area contributed by atoms with E-state index >= 15 is 0 Å². The average Bonchev–Trinajstić information content (AvgIpc) is 3.40. The number of carbonyl (C=O) groups is 3. The van der Waals surface area contributed by atoms with E-state index in [1.165, 1.54) is 225 Å². The minimum absolute atomic E-state index is 0.0696. The lowest BCUT2D eigenvalue weighted by Crippen LogP contribution is -2.30. The summed E-state index contributed by atoms with van der Waals surface area (Å²) in [6, 6.07) is 0. The molecule has 0 N–H and O–H groups in total. The molecule has 6 heteroatoms. The van der Waals surface area contributed by atoms with Gasteiger partial charge in [0.1, 0.15) is 13.2 Å². The van der Waals surface area contributed by atoms with Gasteiger partial charge in [-0.1, -0.05) is 320 Å². The van der Waals surface area contributed by atoms with Gasteiger partial charge in [-0.15, -0.1) is 0 Å². The molecule has 0 amide bonds. The zero-order chi connectivity index (χ0) is 53.6. The predicted octanol–water partition coefficient (Wildman–Crippen LogP) is 22.2. The van der Waals surface area contributed by atoms with Crippen LogP contribution in [-0.4, -0.2) is 37.2 Å². The number of hydrogen-bond donors (Lipinski definition) is 0. The highest BCUT2D eigenvalue weighted by Gasteiger charge is 2.19. The van der Waals surface area contributed by atoms with Crippen LogP contribution in [0, 0.1) is 0 Å². The van der Waals surface area contributed by atoms with Crippen molar-refractivity contribution >= 4 is 17.9 Å². The van der Waals surface area contributed by atoms with Crippen molar-refractivity contribution < 1.29 is 28.6 Å². The van der Waals surface area contributed by atoms with Crippen molar-refractivity contribution in [1.29, 1.82) is 0 Å². The number of carbonyl (C=O) groups excluding carboxylic acids is 3. The molecule has 0 aromatic carbocycles. The van der Waals surface area contributed by atoms with Gasteiger partial charge in [-0.05, 0) is 57.8 Å². The van der Waals surface area contributed by atoms with Gasteiger partial charge in [0.25, 0.3) is 0 Å². The minimum atomic E-state index is -0.768. The second-order valence-electron chi connectivity index (χ2n) is 22.0. The van der Waals surface area contributed by atoms with Crippen LogP contribution in [0.25, 0.3) is 0 Å². The summed E-state index contributed by atoms with van der Waals surface area (Å²) in [6.07, 6.45) is 78.8. The van der Waals surface area contributed by atoms with Crippen molar-refractivity contribution in [3.8, 4) is 0 Å². The lowest BCUT2D eigenvalue weighted by Gasteiger charge is -2.18. The quantitative estimate of drug-likeness (QED) is 0.0261. The van der Waals surface area contributed by atoms with Gasteiger partial charge in [0, 0.05) is 19.3 Å².